The summed E-state index contributed by atoms with van der Waals surface area (Å²) in [5, 5.41) is 0. The van der Waals surface area contributed by atoms with Gasteiger partial charge in [-0.15, -0.1) is 0 Å². The average Bonchev–Trinajstić information content (AvgIpc) is 0.811. The van der Waals surface area contributed by atoms with Gasteiger partial charge in [-0.25, -0.2) is 0 Å². The third-order valence-electron chi connectivity index (χ3n) is 0. The minimum Gasteiger partial charge on any atom is -0.870 e. The van der Waals surface area contributed by atoms with Gasteiger partial charge in [0, 0.05) is 9.17 Å². The van der Waals surface area contributed by atoms with E-state index in [9.17, 15) is 0 Å². The van der Waals surface area contributed by atoms with Crippen LogP contribution in [-0.2, 0) is 4.46 Å². The van der Waals surface area contributed by atoms with E-state index in [0.29, 0.717) is 0 Å². The third-order valence-corrected chi connectivity index (χ3v) is 0. The molecule has 0 unspecified atom stereocenters. The van der Waals surface area contributed by atoms with Crippen LogP contribution in [0.1, 0.15) is 0 Å². The second kappa shape index (κ2) is 23.3. The van der Waals surface area contributed by atoms with Crippen LogP contribution in [0.2, 0.25) is 0 Å². The molecule has 0 heterocycles. The minimum absolute atomic E-state index is 0. The zero-order chi connectivity index (χ0) is 3.58. The van der Waals surface area contributed by atoms with Crippen molar-refractivity contribution in [2.24, 2.45) is 0 Å². The van der Waals surface area contributed by atoms with Crippen molar-refractivity contribution in [3.05, 3.63) is 0 Å². The summed E-state index contributed by atoms with van der Waals surface area (Å²) < 4.78 is 8.52. The van der Waals surface area contributed by atoms with Crippen molar-refractivity contribution in [1.82, 2.24) is 0 Å². The van der Waals surface area contributed by atoms with Gasteiger partial charge in [0.1, 0.15) is 0 Å². The summed E-state index contributed by atoms with van der Waals surface area (Å²) in [6.07, 6.45) is 0. The molecule has 32 valence electrons. The topological polar surface area (TPSA) is 93.2 Å². The first-order valence-electron chi connectivity index (χ1n) is 0.612. The molecule has 0 atom stereocenters. The summed E-state index contributed by atoms with van der Waals surface area (Å²) in [4.78, 5) is 17.0. The van der Waals surface area contributed by atoms with Gasteiger partial charge in [-0.05, 0) is 0 Å². The summed E-state index contributed by atoms with van der Waals surface area (Å²) in [6.45, 7) is 0. The van der Waals surface area contributed by atoms with Crippen LogP contribution in [0, 0.1) is 0 Å². The molecule has 1 N–H and O–H groups in total. The Hall–Kier alpha value is 1.77. The molecule has 0 radical (unpaired) electrons. The Labute approximate surface area is 94.9 Å². The Morgan fingerprint density at radius 3 is 1.12 bits per heavy atom. The van der Waals surface area contributed by atoms with E-state index in [1.807, 2.05) is 0 Å². The molecule has 0 fully saturated rings. The molecular formula is HLi2NaO4Si. The predicted molar refractivity (Wildman–Crippen MR) is 8.38 cm³/mol. The van der Waals surface area contributed by atoms with Crippen LogP contribution >= 0.6 is 0 Å². The number of rotatable bonds is 0. The Morgan fingerprint density at radius 1 is 1.12 bits per heavy atom. The Bertz CT molecular complexity index is 37.0. The molecule has 0 aliphatic heterocycles. The molecule has 0 spiro atoms. The van der Waals surface area contributed by atoms with E-state index >= 15 is 0 Å². The SMILES string of the molecule is O=[Si]([O-])[O-].[Li+].[Li+].[Na+].[OH-]. The van der Waals surface area contributed by atoms with E-state index < -0.39 is 9.17 Å². The van der Waals surface area contributed by atoms with Crippen LogP contribution in [0.25, 0.3) is 0 Å². The Morgan fingerprint density at radius 2 is 1.12 bits per heavy atom. The van der Waals surface area contributed by atoms with Crippen molar-refractivity contribution in [3.8, 4) is 0 Å². The molecular weight excluding hydrogens is 129 g/mol. The third kappa shape index (κ3) is 114. The normalized spacial score (nSPS) is 3.00. The molecule has 8 heteroatoms. The van der Waals surface area contributed by atoms with Gasteiger partial charge in [-0.3, -0.25) is 0 Å². The first kappa shape index (κ1) is 33.0. The molecule has 0 amide bonds. The van der Waals surface area contributed by atoms with E-state index in [1.165, 1.54) is 0 Å². The molecule has 0 aromatic heterocycles. The van der Waals surface area contributed by atoms with Gasteiger partial charge < -0.3 is 19.5 Å². The second-order valence-corrected chi connectivity index (χ2v) is 0.750. The smallest absolute Gasteiger partial charge is 0.870 e. The second-order valence-electron chi connectivity index (χ2n) is 0.250. The zero-order valence-corrected chi connectivity index (χ0v) is 8.17. The van der Waals surface area contributed by atoms with Gasteiger partial charge in [0.25, 0.3) is 0 Å². The molecule has 0 aliphatic rings. The van der Waals surface area contributed by atoms with Crippen molar-refractivity contribution in [1.29, 1.82) is 0 Å². The predicted octanol–water partition coefficient (Wildman–Crippen LogP) is -12.0. The maximum absolute atomic E-state index is 8.52. The zero-order valence-electron chi connectivity index (χ0n) is 5.17. The van der Waals surface area contributed by atoms with Crippen LogP contribution in [0.3, 0.4) is 0 Å². The summed E-state index contributed by atoms with van der Waals surface area (Å²) in [5.41, 5.74) is 0. The quantitative estimate of drug-likeness (QED) is 0.304. The van der Waals surface area contributed by atoms with Gasteiger partial charge in [0.05, 0.1) is 0 Å². The Balaban J connectivity index is -0.00000000750. The first-order valence-corrected chi connectivity index (χ1v) is 1.84. The fraction of sp³-hybridized carbons (Fsp3) is 0. The fourth-order valence-corrected chi connectivity index (χ4v) is 0. The van der Waals surface area contributed by atoms with Crippen LogP contribution in [0.4, 0.5) is 0 Å². The molecule has 0 aliphatic carbocycles. The van der Waals surface area contributed by atoms with E-state index in [0.717, 1.165) is 0 Å². The summed E-state index contributed by atoms with van der Waals surface area (Å²) in [5.74, 6) is 0. The Kier molecular flexibility index (Phi) is 96.0. The maximum atomic E-state index is 8.52. The van der Waals surface area contributed by atoms with E-state index in [-0.39, 0.29) is 72.8 Å². The van der Waals surface area contributed by atoms with Crippen molar-refractivity contribution >= 4 is 9.17 Å². The number of hydrogen-bond acceptors (Lipinski definition) is 4. The average molecular weight is 130 g/mol. The minimum atomic E-state index is -3.63. The van der Waals surface area contributed by atoms with Crippen molar-refractivity contribution in [2.45, 2.75) is 0 Å². The van der Waals surface area contributed by atoms with E-state index in [2.05, 4.69) is 0 Å². The van der Waals surface area contributed by atoms with Crippen molar-refractivity contribution in [3.63, 3.8) is 0 Å². The van der Waals surface area contributed by atoms with E-state index in [1.54, 1.807) is 0 Å². The monoisotopic (exact) mass is 130 g/mol. The largest absolute Gasteiger partial charge is 1.00 e. The van der Waals surface area contributed by atoms with Gasteiger partial charge in [-0.1, -0.05) is 0 Å². The maximum Gasteiger partial charge on any atom is 1.00 e. The van der Waals surface area contributed by atoms with Crippen LogP contribution in [0.15, 0.2) is 0 Å². The standard InChI is InChI=1S/2Li.Na.O3Si.H2O/c;;;1-4(2)3;/h;;;;1H2/q3*+1;-2;/p-1. The summed E-state index contributed by atoms with van der Waals surface area (Å²) in [6, 6.07) is 0. The van der Waals surface area contributed by atoms with Gasteiger partial charge in [0.15, 0.2) is 0 Å². The molecule has 0 aromatic carbocycles. The molecule has 0 bridgehead atoms. The molecule has 8 heavy (non-hydrogen) atoms. The van der Waals surface area contributed by atoms with Gasteiger partial charge in [-0.2, -0.15) is 0 Å². The van der Waals surface area contributed by atoms with Crippen molar-refractivity contribution in [2.75, 3.05) is 0 Å². The summed E-state index contributed by atoms with van der Waals surface area (Å²) >= 11 is 0. The van der Waals surface area contributed by atoms with E-state index in [4.69, 9.17) is 14.1 Å². The summed E-state index contributed by atoms with van der Waals surface area (Å²) in [7, 11) is -3.63. The van der Waals surface area contributed by atoms with Crippen LogP contribution < -0.4 is 76.9 Å². The molecule has 0 saturated carbocycles. The first-order chi connectivity index (χ1) is 1.73. The number of hydrogen-bond donors (Lipinski definition) is 0. The van der Waals surface area contributed by atoms with Gasteiger partial charge >= 0.3 is 67.3 Å². The molecule has 4 nitrogen and oxygen atoms in total. The molecule has 0 aromatic rings. The van der Waals surface area contributed by atoms with Crippen LogP contribution in [0.5, 0.6) is 0 Å². The van der Waals surface area contributed by atoms with Crippen LogP contribution in [-0.4, -0.2) is 14.6 Å². The fourth-order valence-electron chi connectivity index (χ4n) is 0. The molecule has 0 saturated heterocycles. The van der Waals surface area contributed by atoms with Gasteiger partial charge in [0.2, 0.25) is 0 Å². The molecule has 0 rings (SSSR count). The van der Waals surface area contributed by atoms with Crippen molar-refractivity contribution < 1.29 is 86.8 Å².